The van der Waals surface area contributed by atoms with Gasteiger partial charge in [0.25, 0.3) is 0 Å². The van der Waals surface area contributed by atoms with Crippen molar-refractivity contribution in [3.8, 4) is 0 Å². The van der Waals surface area contributed by atoms with E-state index in [4.69, 9.17) is 0 Å². The lowest BCUT2D eigenvalue weighted by Crippen LogP contribution is -1.98. The molecule has 1 rings (SSSR count). The third-order valence-electron chi connectivity index (χ3n) is 1.61. The van der Waals surface area contributed by atoms with Crippen molar-refractivity contribution < 1.29 is 0 Å². The number of allylic oxidation sites excluding steroid dienone is 7. The van der Waals surface area contributed by atoms with Crippen LogP contribution in [0.1, 0.15) is 13.8 Å². The summed E-state index contributed by atoms with van der Waals surface area (Å²) in [4.78, 5) is 4.28. The second-order valence-corrected chi connectivity index (χ2v) is 2.46. The minimum Gasteiger partial charge on any atom is -0.257 e. The molecular weight excluding hydrogens is 146 g/mol. The lowest BCUT2D eigenvalue weighted by Gasteiger charge is -2.03. The molecule has 0 spiro atoms. The summed E-state index contributed by atoms with van der Waals surface area (Å²) in [6.07, 6.45) is 13.9. The fourth-order valence-corrected chi connectivity index (χ4v) is 1.00. The van der Waals surface area contributed by atoms with Crippen LogP contribution in [0.5, 0.6) is 0 Å². The summed E-state index contributed by atoms with van der Waals surface area (Å²) in [5.74, 6) is 0. The standard InChI is InChI=1S/C11H13N/c1-3-9-12-11-8-6-5-7-10(11)4-2/h3-9H,1-2H3/b9-3-,10-4+,12-11+. The molecule has 0 saturated heterocycles. The normalized spacial score (nSPS) is 23.2. The SMILES string of the molecule is C\C=C/N=C1\C=CC=C\C1=C/C. The van der Waals surface area contributed by atoms with E-state index >= 15 is 0 Å². The Hall–Kier alpha value is -1.37. The third kappa shape index (κ3) is 2.06. The Bertz CT molecular complexity index is 288. The van der Waals surface area contributed by atoms with Crippen LogP contribution in [0.4, 0.5) is 0 Å². The van der Waals surface area contributed by atoms with Gasteiger partial charge in [0.05, 0.1) is 5.71 Å². The Balaban J connectivity index is 2.90. The average Bonchev–Trinajstić information content (AvgIpc) is 2.15. The van der Waals surface area contributed by atoms with Crippen molar-refractivity contribution in [1.82, 2.24) is 0 Å². The first-order valence-electron chi connectivity index (χ1n) is 4.09. The molecule has 1 aliphatic carbocycles. The molecule has 0 amide bonds. The fourth-order valence-electron chi connectivity index (χ4n) is 1.00. The summed E-state index contributed by atoms with van der Waals surface area (Å²) in [5.41, 5.74) is 2.20. The summed E-state index contributed by atoms with van der Waals surface area (Å²) in [5, 5.41) is 0. The highest BCUT2D eigenvalue weighted by molar-refractivity contribution is 6.11. The van der Waals surface area contributed by atoms with Crippen LogP contribution in [0.25, 0.3) is 0 Å². The van der Waals surface area contributed by atoms with Crippen molar-refractivity contribution in [2.45, 2.75) is 13.8 Å². The molecule has 0 aliphatic heterocycles. The summed E-state index contributed by atoms with van der Waals surface area (Å²) >= 11 is 0. The van der Waals surface area contributed by atoms with E-state index in [0.717, 1.165) is 5.71 Å². The minimum atomic E-state index is 1.03. The minimum absolute atomic E-state index is 1.03. The van der Waals surface area contributed by atoms with Crippen LogP contribution in [0.3, 0.4) is 0 Å². The molecule has 0 radical (unpaired) electrons. The number of rotatable bonds is 1. The number of hydrogen-bond acceptors (Lipinski definition) is 1. The Morgan fingerprint density at radius 1 is 1.17 bits per heavy atom. The van der Waals surface area contributed by atoms with Crippen LogP contribution in [0.2, 0.25) is 0 Å². The molecule has 0 unspecified atom stereocenters. The van der Waals surface area contributed by atoms with Crippen molar-refractivity contribution in [2.75, 3.05) is 0 Å². The van der Waals surface area contributed by atoms with Gasteiger partial charge in [-0.2, -0.15) is 0 Å². The van der Waals surface area contributed by atoms with E-state index in [2.05, 4.69) is 17.1 Å². The predicted molar refractivity (Wildman–Crippen MR) is 54.3 cm³/mol. The lowest BCUT2D eigenvalue weighted by atomic mass is 10.1. The first-order valence-corrected chi connectivity index (χ1v) is 4.09. The monoisotopic (exact) mass is 159 g/mol. The van der Waals surface area contributed by atoms with Crippen LogP contribution < -0.4 is 0 Å². The summed E-state index contributed by atoms with van der Waals surface area (Å²) in [6, 6.07) is 0. The Kier molecular flexibility index (Phi) is 3.27. The number of nitrogens with zero attached hydrogens (tertiary/aromatic N) is 1. The highest BCUT2D eigenvalue weighted by Gasteiger charge is 1.99. The van der Waals surface area contributed by atoms with Crippen molar-refractivity contribution in [3.63, 3.8) is 0 Å². The first-order chi connectivity index (χ1) is 5.88. The van der Waals surface area contributed by atoms with E-state index in [1.54, 1.807) is 0 Å². The average molecular weight is 159 g/mol. The second kappa shape index (κ2) is 4.50. The molecule has 1 aliphatic rings. The van der Waals surface area contributed by atoms with Gasteiger partial charge in [0.15, 0.2) is 0 Å². The molecule has 1 heteroatoms. The molecule has 0 fully saturated rings. The van der Waals surface area contributed by atoms with Gasteiger partial charge < -0.3 is 0 Å². The Morgan fingerprint density at radius 2 is 1.92 bits per heavy atom. The maximum Gasteiger partial charge on any atom is 0.0698 e. The lowest BCUT2D eigenvalue weighted by molar-refractivity contribution is 1.49. The molecule has 0 saturated carbocycles. The van der Waals surface area contributed by atoms with Crippen LogP contribution in [-0.2, 0) is 0 Å². The summed E-state index contributed by atoms with van der Waals surface area (Å²) in [7, 11) is 0. The van der Waals surface area contributed by atoms with Gasteiger partial charge in [-0.3, -0.25) is 4.99 Å². The van der Waals surface area contributed by atoms with E-state index < -0.39 is 0 Å². The van der Waals surface area contributed by atoms with Crippen molar-refractivity contribution in [1.29, 1.82) is 0 Å². The van der Waals surface area contributed by atoms with E-state index in [1.807, 2.05) is 44.4 Å². The molecule has 0 atom stereocenters. The van der Waals surface area contributed by atoms with Crippen LogP contribution >= 0.6 is 0 Å². The van der Waals surface area contributed by atoms with Gasteiger partial charge in [-0.15, -0.1) is 0 Å². The van der Waals surface area contributed by atoms with Gasteiger partial charge in [-0.1, -0.05) is 30.4 Å². The number of aliphatic imine (C=N–C) groups is 1. The Morgan fingerprint density at radius 3 is 2.58 bits per heavy atom. The molecule has 12 heavy (non-hydrogen) atoms. The topological polar surface area (TPSA) is 12.4 Å². The molecule has 1 nitrogen and oxygen atoms in total. The Labute approximate surface area is 73.5 Å². The maximum atomic E-state index is 4.28. The van der Waals surface area contributed by atoms with Crippen LogP contribution in [-0.4, -0.2) is 5.71 Å². The van der Waals surface area contributed by atoms with Crippen molar-refractivity contribution in [2.24, 2.45) is 4.99 Å². The summed E-state index contributed by atoms with van der Waals surface area (Å²) in [6.45, 7) is 3.98. The van der Waals surface area contributed by atoms with E-state index in [0.29, 0.717) is 0 Å². The van der Waals surface area contributed by atoms with E-state index in [1.165, 1.54) is 5.57 Å². The van der Waals surface area contributed by atoms with Gasteiger partial charge in [0, 0.05) is 6.20 Å². The molecular formula is C11H13N. The predicted octanol–water partition coefficient (Wildman–Crippen LogP) is 3.03. The quantitative estimate of drug-likeness (QED) is 0.557. The van der Waals surface area contributed by atoms with Gasteiger partial charge >= 0.3 is 0 Å². The van der Waals surface area contributed by atoms with E-state index in [-0.39, 0.29) is 0 Å². The summed E-state index contributed by atoms with van der Waals surface area (Å²) < 4.78 is 0. The number of hydrogen-bond donors (Lipinski definition) is 0. The largest absolute Gasteiger partial charge is 0.257 e. The zero-order valence-electron chi connectivity index (χ0n) is 7.49. The zero-order chi connectivity index (χ0) is 8.81. The molecule has 0 bridgehead atoms. The molecule has 0 aromatic heterocycles. The van der Waals surface area contributed by atoms with Crippen LogP contribution in [0, 0.1) is 0 Å². The second-order valence-electron chi connectivity index (χ2n) is 2.46. The van der Waals surface area contributed by atoms with Gasteiger partial charge in [-0.25, -0.2) is 0 Å². The van der Waals surface area contributed by atoms with Gasteiger partial charge in [-0.05, 0) is 25.5 Å². The fraction of sp³-hybridized carbons (Fsp3) is 0.182. The molecule has 62 valence electrons. The van der Waals surface area contributed by atoms with Gasteiger partial charge in [0.2, 0.25) is 0 Å². The smallest absolute Gasteiger partial charge is 0.0698 e. The van der Waals surface area contributed by atoms with Gasteiger partial charge in [0.1, 0.15) is 0 Å². The molecule has 0 aromatic rings. The maximum absolute atomic E-state index is 4.28. The molecule has 0 heterocycles. The highest BCUT2D eigenvalue weighted by Crippen LogP contribution is 2.07. The van der Waals surface area contributed by atoms with Crippen LogP contribution in [0.15, 0.2) is 53.2 Å². The van der Waals surface area contributed by atoms with E-state index in [9.17, 15) is 0 Å². The molecule has 0 N–H and O–H groups in total. The first kappa shape index (κ1) is 8.72. The highest BCUT2D eigenvalue weighted by atomic mass is 14.7. The third-order valence-corrected chi connectivity index (χ3v) is 1.61. The van der Waals surface area contributed by atoms with Crippen molar-refractivity contribution in [3.05, 3.63) is 48.2 Å². The zero-order valence-corrected chi connectivity index (χ0v) is 7.49. The van der Waals surface area contributed by atoms with Crippen molar-refractivity contribution >= 4 is 5.71 Å². The molecule has 0 aromatic carbocycles.